The first-order valence-electron chi connectivity index (χ1n) is 4.87. The van der Waals surface area contributed by atoms with E-state index >= 15 is 0 Å². The molecule has 4 nitrogen and oxygen atoms in total. The summed E-state index contributed by atoms with van der Waals surface area (Å²) in [7, 11) is 0. The van der Waals surface area contributed by atoms with E-state index in [1.807, 2.05) is 0 Å². The predicted molar refractivity (Wildman–Crippen MR) is 75.7 cm³/mol. The van der Waals surface area contributed by atoms with Gasteiger partial charge >= 0.3 is 12.0 Å². The van der Waals surface area contributed by atoms with Crippen LogP contribution in [0.5, 0.6) is 0 Å². The van der Waals surface area contributed by atoms with Gasteiger partial charge in [-0.2, -0.15) is 0 Å². The fourth-order valence-corrected chi connectivity index (χ4v) is 2.92. The number of nitrogen functional groups attached to an aromatic ring is 1. The number of nitrogens with one attached hydrogen (secondary N) is 1. The number of amides is 1. The van der Waals surface area contributed by atoms with Crippen molar-refractivity contribution in [1.29, 1.82) is 0 Å². The number of anilines is 1. The molecular weight excluding hydrogens is 413 g/mol. The second kappa shape index (κ2) is 5.80. The Bertz CT molecular complexity index is 517. The molecule has 0 aliphatic carbocycles. The van der Waals surface area contributed by atoms with Crippen LogP contribution < -0.4 is 11.1 Å². The molecule has 0 unspecified atom stereocenters. The van der Waals surface area contributed by atoms with Crippen molar-refractivity contribution in [2.75, 3.05) is 12.3 Å². The molecule has 1 aliphatic heterocycles. The van der Waals surface area contributed by atoms with Crippen molar-refractivity contribution in [2.45, 2.75) is 12.0 Å². The summed E-state index contributed by atoms with van der Waals surface area (Å²) in [6.07, 6.45) is -0.888. The Morgan fingerprint density at radius 3 is 2.68 bits per heavy atom. The average Bonchev–Trinajstić information content (AvgIpc) is 2.27. The lowest BCUT2D eigenvalue weighted by atomic mass is 9.98. The number of benzene rings is 1. The Balaban J connectivity index is 0.00000180. The third-order valence-electron chi connectivity index (χ3n) is 2.52. The van der Waals surface area contributed by atoms with Gasteiger partial charge in [0, 0.05) is 14.5 Å². The number of alkyl carbamates (subject to hydrolysis) is 1. The molecule has 2 rings (SSSR count). The maximum Gasteiger partial charge on any atom is 0.408 e. The number of rotatable bonds is 1. The average molecular weight is 422 g/mol. The highest BCUT2D eigenvalue weighted by molar-refractivity contribution is 9.11. The lowest BCUT2D eigenvalue weighted by molar-refractivity contribution is -0.104. The Morgan fingerprint density at radius 2 is 2.05 bits per heavy atom. The van der Waals surface area contributed by atoms with Gasteiger partial charge in [0.05, 0.1) is 5.69 Å². The minimum Gasteiger partial charge on any atom is -0.443 e. The van der Waals surface area contributed by atoms with Gasteiger partial charge < -0.3 is 15.8 Å². The van der Waals surface area contributed by atoms with Gasteiger partial charge in [0.1, 0.15) is 6.04 Å². The summed E-state index contributed by atoms with van der Waals surface area (Å²) in [4.78, 5) is 11.1. The number of hydrogen-bond acceptors (Lipinski definition) is 3. The van der Waals surface area contributed by atoms with Crippen LogP contribution >= 0.6 is 44.3 Å². The van der Waals surface area contributed by atoms with Crippen molar-refractivity contribution < 1.29 is 18.3 Å². The number of carbonyl (C=O) groups excluding carboxylic acids is 1. The molecule has 0 saturated carbocycles. The first-order chi connectivity index (χ1) is 8.31. The van der Waals surface area contributed by atoms with E-state index in [4.69, 9.17) is 5.73 Å². The van der Waals surface area contributed by atoms with Gasteiger partial charge in [0.2, 0.25) is 0 Å². The molecule has 106 valence electrons. The van der Waals surface area contributed by atoms with Crippen LogP contribution in [0.25, 0.3) is 0 Å². The Morgan fingerprint density at radius 1 is 1.42 bits per heavy atom. The van der Waals surface area contributed by atoms with E-state index in [0.29, 0.717) is 8.95 Å². The summed E-state index contributed by atoms with van der Waals surface area (Å²) in [6.45, 7) is -0.965. The van der Waals surface area contributed by atoms with Crippen molar-refractivity contribution in [2.24, 2.45) is 0 Å². The van der Waals surface area contributed by atoms with E-state index in [1.54, 1.807) is 6.07 Å². The quantitative estimate of drug-likeness (QED) is 0.680. The molecule has 1 aliphatic rings. The van der Waals surface area contributed by atoms with E-state index in [1.165, 1.54) is 6.07 Å². The monoisotopic (exact) mass is 420 g/mol. The molecule has 1 atom stereocenters. The molecule has 1 heterocycles. The first kappa shape index (κ1) is 16.5. The molecule has 1 amide bonds. The normalized spacial score (nSPS) is 21.1. The molecule has 0 radical (unpaired) electrons. The standard InChI is InChI=1S/C10H8Br2F2N2O2.ClH/c11-4-1-5(7(15)6(12)2-4)8-10(13,14)3-18-9(17)16-8;/h1-2,8H,3,15H2,(H,16,17);1H/t8-;/m0./s1. The zero-order valence-corrected chi connectivity index (χ0v) is 13.2. The fraction of sp³-hybridized carbons (Fsp3) is 0.300. The smallest absolute Gasteiger partial charge is 0.408 e. The molecule has 0 bridgehead atoms. The highest BCUT2D eigenvalue weighted by Gasteiger charge is 2.47. The van der Waals surface area contributed by atoms with Gasteiger partial charge in [-0.05, 0) is 28.1 Å². The first-order valence-corrected chi connectivity index (χ1v) is 6.45. The number of ether oxygens (including phenoxy) is 1. The molecule has 19 heavy (non-hydrogen) atoms. The third-order valence-corrected chi connectivity index (χ3v) is 3.63. The van der Waals surface area contributed by atoms with Crippen molar-refractivity contribution in [3.63, 3.8) is 0 Å². The highest BCUT2D eigenvalue weighted by atomic mass is 79.9. The minimum absolute atomic E-state index is 0. The van der Waals surface area contributed by atoms with Crippen LogP contribution in [0.4, 0.5) is 19.3 Å². The second-order valence-corrected chi connectivity index (χ2v) is 5.58. The summed E-state index contributed by atoms with van der Waals surface area (Å²) in [5, 5.41) is 2.09. The molecule has 1 saturated heterocycles. The maximum absolute atomic E-state index is 13.7. The fourth-order valence-electron chi connectivity index (χ4n) is 1.66. The van der Waals surface area contributed by atoms with Crippen LogP contribution in [0.3, 0.4) is 0 Å². The summed E-state index contributed by atoms with van der Waals surface area (Å²) in [5.41, 5.74) is 6.05. The number of carbonyl (C=O) groups is 1. The van der Waals surface area contributed by atoms with Gasteiger partial charge in [0.15, 0.2) is 6.61 Å². The number of cyclic esters (lactones) is 1. The summed E-state index contributed by atoms with van der Waals surface area (Å²) < 4.78 is 32.8. The van der Waals surface area contributed by atoms with E-state index in [2.05, 4.69) is 41.9 Å². The minimum atomic E-state index is -3.22. The molecule has 1 fully saturated rings. The Kier molecular flexibility index (Phi) is 5.02. The predicted octanol–water partition coefficient (Wildman–Crippen LogP) is 3.63. The molecule has 1 aromatic rings. The van der Waals surface area contributed by atoms with Gasteiger partial charge in [-0.1, -0.05) is 15.9 Å². The van der Waals surface area contributed by atoms with E-state index in [0.717, 1.165) is 0 Å². The summed E-state index contributed by atoms with van der Waals surface area (Å²) in [5.74, 6) is -3.22. The van der Waals surface area contributed by atoms with Crippen molar-refractivity contribution in [3.05, 3.63) is 26.6 Å². The zero-order valence-electron chi connectivity index (χ0n) is 9.25. The molecular formula is C10H9Br2ClF2N2O2. The summed E-state index contributed by atoms with van der Waals surface area (Å²) >= 11 is 6.36. The van der Waals surface area contributed by atoms with Crippen molar-refractivity contribution >= 4 is 56.0 Å². The van der Waals surface area contributed by atoms with Crippen LogP contribution in [0, 0.1) is 0 Å². The van der Waals surface area contributed by atoms with Crippen LogP contribution in [-0.2, 0) is 4.74 Å². The van der Waals surface area contributed by atoms with Crippen molar-refractivity contribution in [1.82, 2.24) is 5.32 Å². The van der Waals surface area contributed by atoms with Gasteiger partial charge in [-0.3, -0.25) is 0 Å². The number of hydrogen-bond donors (Lipinski definition) is 2. The Hall–Kier alpha value is -0.600. The largest absolute Gasteiger partial charge is 0.443 e. The molecule has 9 heteroatoms. The van der Waals surface area contributed by atoms with Gasteiger partial charge in [0.25, 0.3) is 0 Å². The molecule has 1 aromatic carbocycles. The van der Waals surface area contributed by atoms with E-state index in [-0.39, 0.29) is 23.7 Å². The second-order valence-electron chi connectivity index (χ2n) is 3.81. The topological polar surface area (TPSA) is 64.3 Å². The SMILES string of the molecule is Cl.Nc1c(Br)cc(Br)cc1[C@@H]1NC(=O)OCC1(F)F. The van der Waals surface area contributed by atoms with E-state index in [9.17, 15) is 13.6 Å². The van der Waals surface area contributed by atoms with E-state index < -0.39 is 24.7 Å². The lowest BCUT2D eigenvalue weighted by Crippen LogP contribution is -2.49. The third kappa shape index (κ3) is 3.29. The molecule has 0 aromatic heterocycles. The number of halogens is 5. The highest BCUT2D eigenvalue weighted by Crippen LogP contribution is 2.40. The van der Waals surface area contributed by atoms with Crippen LogP contribution in [0.15, 0.2) is 21.1 Å². The number of nitrogens with two attached hydrogens (primary N) is 1. The van der Waals surface area contributed by atoms with Crippen LogP contribution in [0.1, 0.15) is 11.6 Å². The number of alkyl halides is 2. The van der Waals surface area contributed by atoms with Crippen LogP contribution in [-0.4, -0.2) is 18.6 Å². The van der Waals surface area contributed by atoms with Crippen molar-refractivity contribution in [3.8, 4) is 0 Å². The van der Waals surface area contributed by atoms with Gasteiger partial charge in [-0.25, -0.2) is 13.6 Å². The molecule has 0 spiro atoms. The lowest BCUT2D eigenvalue weighted by Gasteiger charge is -2.32. The van der Waals surface area contributed by atoms with Crippen LogP contribution in [0.2, 0.25) is 0 Å². The summed E-state index contributed by atoms with van der Waals surface area (Å²) in [6, 6.07) is 1.58. The van der Waals surface area contributed by atoms with Gasteiger partial charge in [-0.15, -0.1) is 12.4 Å². The maximum atomic E-state index is 13.7. The Labute approximate surface area is 130 Å². The molecule has 3 N–H and O–H groups in total. The zero-order chi connectivity index (χ0) is 13.5.